The highest BCUT2D eigenvalue weighted by Crippen LogP contribution is 2.19. The van der Waals surface area contributed by atoms with Gasteiger partial charge in [0.25, 0.3) is 0 Å². The van der Waals surface area contributed by atoms with Crippen LogP contribution < -0.4 is 0 Å². The van der Waals surface area contributed by atoms with Crippen LogP contribution in [0.3, 0.4) is 0 Å². The van der Waals surface area contributed by atoms with Crippen molar-refractivity contribution in [3.8, 4) is 0 Å². The third-order valence-electron chi connectivity index (χ3n) is 4.02. The summed E-state index contributed by atoms with van der Waals surface area (Å²) in [4.78, 5) is 38.6. The maximum absolute atomic E-state index is 12.3. The molecule has 1 aromatic heterocycles. The predicted octanol–water partition coefficient (Wildman–Crippen LogP) is 4.24. The van der Waals surface area contributed by atoms with Crippen LogP contribution in [0.25, 0.3) is 6.08 Å². The molecule has 0 bridgehead atoms. The molecule has 26 heavy (non-hydrogen) atoms. The van der Waals surface area contributed by atoms with Crippen LogP contribution in [0, 0.1) is 20.8 Å². The fraction of sp³-hybridized carbons (Fsp3) is 0.250. The lowest BCUT2D eigenvalue weighted by atomic mass is 10.1. The molecule has 136 valence electrons. The number of carbonyl (C=O) groups is 3. The number of Topliss-reactive ketones (excluding diaryl/α,β-unsaturated/α-hetero) is 2. The van der Waals surface area contributed by atoms with Crippen molar-refractivity contribution in [2.75, 3.05) is 6.61 Å². The molecule has 0 saturated heterocycles. The number of esters is 1. The molecule has 2 rings (SSSR count). The molecule has 0 radical (unpaired) electrons. The fourth-order valence-electron chi connectivity index (χ4n) is 2.69. The second kappa shape index (κ2) is 8.15. The first-order chi connectivity index (χ1) is 12.2. The third-order valence-corrected chi connectivity index (χ3v) is 4.43. The van der Waals surface area contributed by atoms with Crippen molar-refractivity contribution in [2.45, 2.75) is 27.7 Å². The molecule has 0 atom stereocenters. The molecule has 5 nitrogen and oxygen atoms in total. The maximum Gasteiger partial charge on any atom is 0.331 e. The summed E-state index contributed by atoms with van der Waals surface area (Å²) in [5, 5.41) is 0.606. The second-order valence-electron chi connectivity index (χ2n) is 6.05. The van der Waals surface area contributed by atoms with Crippen molar-refractivity contribution in [1.82, 2.24) is 4.98 Å². The largest absolute Gasteiger partial charge is 0.454 e. The normalized spacial score (nSPS) is 11.0. The van der Waals surface area contributed by atoms with Gasteiger partial charge < -0.3 is 9.72 Å². The van der Waals surface area contributed by atoms with E-state index in [9.17, 15) is 14.4 Å². The van der Waals surface area contributed by atoms with Crippen molar-refractivity contribution < 1.29 is 19.1 Å². The van der Waals surface area contributed by atoms with E-state index in [0.717, 1.165) is 11.1 Å². The van der Waals surface area contributed by atoms with E-state index in [1.807, 2.05) is 19.1 Å². The van der Waals surface area contributed by atoms with Gasteiger partial charge in [-0.3, -0.25) is 9.59 Å². The molecule has 0 fully saturated rings. The average molecular weight is 374 g/mol. The Morgan fingerprint density at radius 3 is 2.46 bits per heavy atom. The Morgan fingerprint density at radius 1 is 1.19 bits per heavy atom. The number of aromatic amines is 1. The van der Waals surface area contributed by atoms with E-state index >= 15 is 0 Å². The van der Waals surface area contributed by atoms with Crippen LogP contribution in [0.5, 0.6) is 0 Å². The monoisotopic (exact) mass is 373 g/mol. The number of aromatic nitrogens is 1. The van der Waals surface area contributed by atoms with Crippen molar-refractivity contribution >= 4 is 35.2 Å². The number of nitrogens with one attached hydrogen (secondary N) is 1. The Labute approximate surface area is 157 Å². The minimum absolute atomic E-state index is 0.119. The summed E-state index contributed by atoms with van der Waals surface area (Å²) in [6.45, 7) is 6.34. The van der Waals surface area contributed by atoms with Gasteiger partial charge in [0, 0.05) is 22.4 Å². The quantitative estimate of drug-likeness (QED) is 0.467. The van der Waals surface area contributed by atoms with Gasteiger partial charge in [0.1, 0.15) is 0 Å². The molecule has 2 aromatic rings. The number of ketones is 2. The molecular weight excluding hydrogens is 354 g/mol. The molecule has 0 aliphatic rings. The lowest BCUT2D eigenvalue weighted by molar-refractivity contribution is -0.136. The molecule has 1 N–H and O–H groups in total. The number of ether oxygens (including phenoxy) is 1. The summed E-state index contributed by atoms with van der Waals surface area (Å²) in [6.07, 6.45) is 2.80. The van der Waals surface area contributed by atoms with Crippen LogP contribution in [0.2, 0.25) is 5.02 Å². The molecular formula is C20H20ClNO4. The summed E-state index contributed by atoms with van der Waals surface area (Å²) in [6, 6.07) is 5.41. The highest BCUT2D eigenvalue weighted by atomic mass is 35.5. The van der Waals surface area contributed by atoms with Crippen molar-refractivity contribution in [2.24, 2.45) is 0 Å². The molecule has 0 unspecified atom stereocenters. The third kappa shape index (κ3) is 4.49. The molecule has 0 saturated carbocycles. The number of halogens is 1. The summed E-state index contributed by atoms with van der Waals surface area (Å²) >= 11 is 6.03. The minimum atomic E-state index is -0.636. The molecule has 0 spiro atoms. The van der Waals surface area contributed by atoms with E-state index in [2.05, 4.69) is 4.98 Å². The minimum Gasteiger partial charge on any atom is -0.454 e. The maximum atomic E-state index is 12.3. The first-order valence-electron chi connectivity index (χ1n) is 8.05. The Kier molecular flexibility index (Phi) is 6.16. The number of benzene rings is 1. The summed E-state index contributed by atoms with van der Waals surface area (Å²) in [7, 11) is 0. The number of rotatable bonds is 6. The SMILES string of the molecule is CC(=O)c1c(C)[nH]c(C(=O)COC(=O)/C=C/c2ccc(C)c(Cl)c2)c1C. The van der Waals surface area contributed by atoms with Gasteiger partial charge in [-0.2, -0.15) is 0 Å². The first kappa shape index (κ1) is 19.7. The average Bonchev–Trinajstić information content (AvgIpc) is 2.88. The molecule has 0 aliphatic carbocycles. The van der Waals surface area contributed by atoms with Gasteiger partial charge in [-0.05, 0) is 56.5 Å². The van der Waals surface area contributed by atoms with Crippen LogP contribution in [0.1, 0.15) is 50.2 Å². The molecule has 1 aromatic carbocycles. The van der Waals surface area contributed by atoms with Crippen LogP contribution >= 0.6 is 11.6 Å². The smallest absolute Gasteiger partial charge is 0.331 e. The number of hydrogen-bond acceptors (Lipinski definition) is 4. The number of hydrogen-bond donors (Lipinski definition) is 1. The summed E-state index contributed by atoms with van der Waals surface area (Å²) in [5.74, 6) is -1.15. The van der Waals surface area contributed by atoms with E-state index in [4.69, 9.17) is 16.3 Å². The first-order valence-corrected chi connectivity index (χ1v) is 8.42. The van der Waals surface area contributed by atoms with Gasteiger partial charge in [-0.1, -0.05) is 23.7 Å². The van der Waals surface area contributed by atoms with Gasteiger partial charge in [-0.25, -0.2) is 4.79 Å². The van der Waals surface area contributed by atoms with Crippen molar-refractivity contribution in [3.05, 3.63) is 62.9 Å². The molecule has 0 amide bonds. The Bertz CT molecular complexity index is 909. The van der Waals surface area contributed by atoms with Gasteiger partial charge in [0.05, 0.1) is 5.69 Å². The second-order valence-corrected chi connectivity index (χ2v) is 6.46. The highest BCUT2D eigenvalue weighted by molar-refractivity contribution is 6.31. The van der Waals surface area contributed by atoms with E-state index in [-0.39, 0.29) is 11.5 Å². The molecule has 1 heterocycles. The molecule has 0 aliphatic heterocycles. The summed E-state index contributed by atoms with van der Waals surface area (Å²) in [5.41, 5.74) is 3.68. The number of H-pyrrole nitrogens is 1. The lowest BCUT2D eigenvalue weighted by Gasteiger charge is -2.02. The number of aryl methyl sites for hydroxylation is 2. The van der Waals surface area contributed by atoms with E-state index < -0.39 is 18.4 Å². The predicted molar refractivity (Wildman–Crippen MR) is 101 cm³/mol. The van der Waals surface area contributed by atoms with E-state index in [1.54, 1.807) is 26.0 Å². The van der Waals surface area contributed by atoms with Gasteiger partial charge in [0.15, 0.2) is 12.4 Å². The van der Waals surface area contributed by atoms with Gasteiger partial charge >= 0.3 is 5.97 Å². The van der Waals surface area contributed by atoms with Crippen LogP contribution in [0.4, 0.5) is 0 Å². The molecule has 6 heteroatoms. The Morgan fingerprint density at radius 2 is 1.88 bits per heavy atom. The standard InChI is InChI=1S/C20H20ClNO4/c1-11-5-6-15(9-16(11)21)7-8-18(25)26-10-17(24)20-12(2)19(14(4)23)13(3)22-20/h5-9,22H,10H2,1-4H3/b8-7+. The van der Waals surface area contributed by atoms with E-state index in [0.29, 0.717) is 21.8 Å². The van der Waals surface area contributed by atoms with Gasteiger partial charge in [-0.15, -0.1) is 0 Å². The fourth-order valence-corrected chi connectivity index (χ4v) is 2.88. The topological polar surface area (TPSA) is 76.2 Å². The number of carbonyl (C=O) groups excluding carboxylic acids is 3. The zero-order chi connectivity index (χ0) is 19.4. The van der Waals surface area contributed by atoms with Crippen LogP contribution in [-0.4, -0.2) is 29.1 Å². The van der Waals surface area contributed by atoms with E-state index in [1.165, 1.54) is 13.0 Å². The Hall–Kier alpha value is -2.66. The van der Waals surface area contributed by atoms with Gasteiger partial charge in [0.2, 0.25) is 5.78 Å². The summed E-state index contributed by atoms with van der Waals surface area (Å²) < 4.78 is 4.99. The Balaban J connectivity index is 2.00. The zero-order valence-corrected chi connectivity index (χ0v) is 15.9. The van der Waals surface area contributed by atoms with Crippen molar-refractivity contribution in [3.63, 3.8) is 0 Å². The van der Waals surface area contributed by atoms with Crippen molar-refractivity contribution in [1.29, 1.82) is 0 Å². The zero-order valence-electron chi connectivity index (χ0n) is 15.1. The van der Waals surface area contributed by atoms with Crippen LogP contribution in [0.15, 0.2) is 24.3 Å². The van der Waals surface area contributed by atoms with Crippen LogP contribution in [-0.2, 0) is 9.53 Å². The lowest BCUT2D eigenvalue weighted by Crippen LogP contribution is -2.14. The highest BCUT2D eigenvalue weighted by Gasteiger charge is 2.20.